The van der Waals surface area contributed by atoms with E-state index in [1.807, 2.05) is 13.0 Å². The van der Waals surface area contributed by atoms with Crippen molar-refractivity contribution in [3.63, 3.8) is 0 Å². The largest absolute Gasteiger partial charge is 0.455 e. The number of carbonyl (C=O) groups excluding carboxylic acids is 1. The van der Waals surface area contributed by atoms with E-state index in [-0.39, 0.29) is 22.2 Å². The summed E-state index contributed by atoms with van der Waals surface area (Å²) in [6.45, 7) is 1.89. The third-order valence-corrected chi connectivity index (χ3v) is 5.13. The Morgan fingerprint density at radius 2 is 1.88 bits per heavy atom. The van der Waals surface area contributed by atoms with Gasteiger partial charge in [0.1, 0.15) is 17.3 Å². The van der Waals surface area contributed by atoms with E-state index in [4.69, 9.17) is 4.42 Å². The van der Waals surface area contributed by atoms with Crippen LogP contribution in [0.3, 0.4) is 0 Å². The summed E-state index contributed by atoms with van der Waals surface area (Å²) in [5.41, 5.74) is 0.958. The fourth-order valence-electron chi connectivity index (χ4n) is 2.26. The second-order valence-corrected chi connectivity index (χ2v) is 7.50. The maximum Gasteiger partial charge on any atom is 0.292 e. The van der Waals surface area contributed by atoms with Crippen molar-refractivity contribution in [2.75, 3.05) is 5.32 Å². The Labute approximate surface area is 145 Å². The minimum Gasteiger partial charge on any atom is -0.455 e. The molecule has 1 amide bonds. The maximum absolute atomic E-state index is 12.3. The van der Waals surface area contributed by atoms with Crippen molar-refractivity contribution in [3.05, 3.63) is 77.9 Å². The van der Waals surface area contributed by atoms with Crippen LogP contribution in [0.1, 0.15) is 21.9 Å². The highest BCUT2D eigenvalue weighted by molar-refractivity contribution is 7.90. The van der Waals surface area contributed by atoms with Crippen molar-refractivity contribution < 1.29 is 17.6 Å². The molecule has 0 radical (unpaired) electrons. The van der Waals surface area contributed by atoms with Gasteiger partial charge in [-0.15, -0.1) is 0 Å². The van der Waals surface area contributed by atoms with E-state index in [1.165, 1.54) is 24.3 Å². The number of aromatic nitrogens is 1. The van der Waals surface area contributed by atoms with Crippen LogP contribution in [0, 0.1) is 6.92 Å². The number of anilines is 1. The topological polar surface area (TPSA) is 89.3 Å². The molecule has 25 heavy (non-hydrogen) atoms. The van der Waals surface area contributed by atoms with E-state index in [0.717, 1.165) is 5.56 Å². The van der Waals surface area contributed by atoms with Crippen LogP contribution in [0.4, 0.5) is 5.82 Å². The van der Waals surface area contributed by atoms with Crippen molar-refractivity contribution >= 4 is 21.6 Å². The van der Waals surface area contributed by atoms with Gasteiger partial charge >= 0.3 is 0 Å². The van der Waals surface area contributed by atoms with Crippen LogP contribution in [0.15, 0.2) is 70.1 Å². The van der Waals surface area contributed by atoms with E-state index in [2.05, 4.69) is 10.3 Å². The molecule has 0 saturated heterocycles. The first kappa shape index (κ1) is 16.9. The lowest BCUT2D eigenvalue weighted by Gasteiger charge is -2.03. The molecule has 0 spiro atoms. The highest BCUT2D eigenvalue weighted by Gasteiger charge is 2.19. The minimum absolute atomic E-state index is 0.0292. The molecule has 6 nitrogen and oxygen atoms in total. The van der Waals surface area contributed by atoms with Gasteiger partial charge in [0.05, 0.1) is 4.90 Å². The molecule has 2 aromatic heterocycles. The summed E-state index contributed by atoms with van der Waals surface area (Å²) in [7, 11) is -3.53. The highest BCUT2D eigenvalue weighted by Crippen LogP contribution is 2.18. The zero-order chi connectivity index (χ0) is 17.9. The van der Waals surface area contributed by atoms with Crippen molar-refractivity contribution in [2.24, 2.45) is 0 Å². The lowest BCUT2D eigenvalue weighted by molar-refractivity contribution is 0.0995. The molecule has 7 heteroatoms. The number of aryl methyl sites for hydroxylation is 1. The monoisotopic (exact) mass is 356 g/mol. The number of nitrogens with one attached hydrogen (secondary N) is 1. The van der Waals surface area contributed by atoms with Gasteiger partial charge in [-0.2, -0.15) is 0 Å². The predicted molar refractivity (Wildman–Crippen MR) is 93.0 cm³/mol. The van der Waals surface area contributed by atoms with Gasteiger partial charge in [-0.1, -0.05) is 18.2 Å². The lowest BCUT2D eigenvalue weighted by atomic mass is 10.3. The quantitative estimate of drug-likeness (QED) is 0.758. The van der Waals surface area contributed by atoms with Crippen molar-refractivity contribution in [1.29, 1.82) is 0 Å². The molecule has 0 aliphatic heterocycles. The van der Waals surface area contributed by atoms with Gasteiger partial charge in [-0.3, -0.25) is 4.79 Å². The number of hydrogen-bond acceptors (Lipinski definition) is 5. The van der Waals surface area contributed by atoms with Crippen molar-refractivity contribution in [1.82, 2.24) is 4.98 Å². The minimum atomic E-state index is -3.53. The summed E-state index contributed by atoms with van der Waals surface area (Å²) >= 11 is 0. The molecule has 0 bridgehead atoms. The molecule has 2 heterocycles. The fourth-order valence-corrected chi connectivity index (χ4v) is 3.53. The number of pyridine rings is 1. The first-order valence-electron chi connectivity index (χ1n) is 7.54. The Hall–Kier alpha value is -2.93. The van der Waals surface area contributed by atoms with Gasteiger partial charge < -0.3 is 9.73 Å². The molecule has 0 aliphatic carbocycles. The van der Waals surface area contributed by atoms with Gasteiger partial charge in [0.2, 0.25) is 0 Å². The van der Waals surface area contributed by atoms with Gasteiger partial charge in [0.25, 0.3) is 5.91 Å². The first-order chi connectivity index (χ1) is 11.9. The smallest absolute Gasteiger partial charge is 0.292 e. The molecule has 0 saturated carbocycles. The Morgan fingerprint density at radius 1 is 1.12 bits per heavy atom. The van der Waals surface area contributed by atoms with Crippen LogP contribution in [0.2, 0.25) is 0 Å². The van der Waals surface area contributed by atoms with Crippen LogP contribution in [-0.2, 0) is 15.6 Å². The molecule has 1 N–H and O–H groups in total. The molecule has 0 atom stereocenters. The lowest BCUT2D eigenvalue weighted by Crippen LogP contribution is -2.12. The number of hydrogen-bond donors (Lipinski definition) is 1. The van der Waals surface area contributed by atoms with E-state index in [1.54, 1.807) is 30.5 Å². The SMILES string of the molecule is Cc1ccnc(NC(=O)c2ccc(CS(=O)(=O)c3ccccc3)o2)c1. The normalized spacial score (nSPS) is 11.2. The van der Waals surface area contributed by atoms with Crippen LogP contribution in [0.5, 0.6) is 0 Å². The summed E-state index contributed by atoms with van der Waals surface area (Å²) in [5.74, 6) is -0.165. The molecule has 3 rings (SSSR count). The fraction of sp³-hybridized carbons (Fsp3) is 0.111. The van der Waals surface area contributed by atoms with E-state index in [0.29, 0.717) is 5.82 Å². The number of sulfone groups is 1. The Kier molecular flexibility index (Phi) is 4.67. The molecule has 128 valence electrons. The average molecular weight is 356 g/mol. The first-order valence-corrected chi connectivity index (χ1v) is 9.20. The number of benzene rings is 1. The zero-order valence-corrected chi connectivity index (χ0v) is 14.3. The summed E-state index contributed by atoms with van der Waals surface area (Å²) in [6, 6.07) is 14.6. The van der Waals surface area contributed by atoms with E-state index < -0.39 is 15.7 Å². The Morgan fingerprint density at radius 3 is 2.60 bits per heavy atom. The van der Waals surface area contributed by atoms with Crippen molar-refractivity contribution in [2.45, 2.75) is 17.6 Å². The van der Waals surface area contributed by atoms with Crippen LogP contribution >= 0.6 is 0 Å². The second kappa shape index (κ2) is 6.90. The van der Waals surface area contributed by atoms with Gasteiger partial charge in [-0.05, 0) is 48.9 Å². The molecular weight excluding hydrogens is 340 g/mol. The van der Waals surface area contributed by atoms with Gasteiger partial charge in [-0.25, -0.2) is 13.4 Å². The number of furan rings is 1. The summed E-state index contributed by atoms with van der Waals surface area (Å²) < 4.78 is 30.1. The Bertz CT molecular complexity index is 995. The van der Waals surface area contributed by atoms with Crippen LogP contribution in [-0.4, -0.2) is 19.3 Å². The third kappa shape index (κ3) is 4.13. The third-order valence-electron chi connectivity index (χ3n) is 3.48. The van der Waals surface area contributed by atoms with Gasteiger partial charge in [0.15, 0.2) is 15.6 Å². The molecule has 0 fully saturated rings. The number of carbonyl (C=O) groups is 1. The predicted octanol–water partition coefficient (Wildman–Crippen LogP) is 3.21. The molecule has 0 aliphatic rings. The average Bonchev–Trinajstić information content (AvgIpc) is 3.03. The molecular formula is C18H16N2O4S. The summed E-state index contributed by atoms with van der Waals surface area (Å²) in [5, 5.41) is 2.61. The van der Waals surface area contributed by atoms with E-state index in [9.17, 15) is 13.2 Å². The summed E-state index contributed by atoms with van der Waals surface area (Å²) in [6.07, 6.45) is 1.59. The zero-order valence-electron chi connectivity index (χ0n) is 13.5. The van der Waals surface area contributed by atoms with Crippen LogP contribution < -0.4 is 5.32 Å². The number of amides is 1. The van der Waals surface area contributed by atoms with Crippen LogP contribution in [0.25, 0.3) is 0 Å². The molecule has 0 unspecified atom stereocenters. The van der Waals surface area contributed by atoms with Crippen molar-refractivity contribution in [3.8, 4) is 0 Å². The highest BCUT2D eigenvalue weighted by atomic mass is 32.2. The summed E-state index contributed by atoms with van der Waals surface area (Å²) in [4.78, 5) is 16.4. The Balaban J connectivity index is 1.73. The second-order valence-electron chi connectivity index (χ2n) is 5.51. The van der Waals surface area contributed by atoms with E-state index >= 15 is 0 Å². The number of nitrogens with zero attached hydrogens (tertiary/aromatic N) is 1. The molecule has 1 aromatic carbocycles. The number of rotatable bonds is 5. The maximum atomic E-state index is 12.3. The standard InChI is InChI=1S/C18H16N2O4S/c1-13-9-10-19-17(11-13)20-18(21)16-8-7-14(24-16)12-25(22,23)15-5-3-2-4-6-15/h2-11H,12H2,1H3,(H,19,20,21). The van der Waals surface area contributed by atoms with Gasteiger partial charge in [0, 0.05) is 6.20 Å². The molecule has 3 aromatic rings.